The number of anilines is 1. The van der Waals surface area contributed by atoms with Gasteiger partial charge >= 0.3 is 0 Å². The van der Waals surface area contributed by atoms with Gasteiger partial charge in [-0.1, -0.05) is 35.9 Å². The maximum Gasteiger partial charge on any atom is 0.265 e. The van der Waals surface area contributed by atoms with Crippen molar-refractivity contribution in [1.82, 2.24) is 0 Å². The van der Waals surface area contributed by atoms with Crippen LogP contribution in [0.2, 0.25) is 5.02 Å². The molecule has 0 bridgehead atoms. The van der Waals surface area contributed by atoms with Crippen molar-refractivity contribution in [1.29, 1.82) is 0 Å². The van der Waals surface area contributed by atoms with Crippen LogP contribution in [0.4, 0.5) is 5.69 Å². The summed E-state index contributed by atoms with van der Waals surface area (Å²) in [6, 6.07) is 14.0. The van der Waals surface area contributed by atoms with Gasteiger partial charge < -0.3 is 9.64 Å². The van der Waals surface area contributed by atoms with Crippen molar-refractivity contribution >= 4 is 33.0 Å². The molecule has 3 rings (SSSR count). The molecule has 1 amide bonds. The number of hydrogen-bond acceptors (Lipinski definition) is 4. The van der Waals surface area contributed by atoms with Gasteiger partial charge in [-0.15, -0.1) is 0 Å². The zero-order chi connectivity index (χ0) is 18.7. The van der Waals surface area contributed by atoms with Crippen LogP contribution in [0.25, 0.3) is 0 Å². The molecule has 1 atom stereocenters. The summed E-state index contributed by atoms with van der Waals surface area (Å²) in [7, 11) is -3.12. The van der Waals surface area contributed by atoms with Crippen LogP contribution in [0.5, 0.6) is 5.75 Å². The Morgan fingerprint density at radius 2 is 1.96 bits per heavy atom. The first-order valence-electron chi connectivity index (χ1n) is 8.32. The van der Waals surface area contributed by atoms with Crippen LogP contribution in [0.3, 0.4) is 0 Å². The number of amides is 1. The molecule has 1 heterocycles. The fourth-order valence-corrected chi connectivity index (χ4v) is 4.93. The van der Waals surface area contributed by atoms with Crippen molar-refractivity contribution in [3.8, 4) is 5.75 Å². The summed E-state index contributed by atoms with van der Waals surface area (Å²) >= 11 is 6.11. The molecule has 0 N–H and O–H groups in total. The molecule has 0 radical (unpaired) electrons. The van der Waals surface area contributed by atoms with E-state index in [4.69, 9.17) is 16.3 Å². The van der Waals surface area contributed by atoms with Gasteiger partial charge in [0.05, 0.1) is 22.6 Å². The Bertz CT molecular complexity index is 899. The normalized spacial score (nSPS) is 18.5. The Balaban J connectivity index is 1.80. The van der Waals surface area contributed by atoms with E-state index in [1.165, 1.54) is 4.90 Å². The van der Waals surface area contributed by atoms with Gasteiger partial charge in [0, 0.05) is 5.69 Å². The first-order chi connectivity index (χ1) is 12.4. The van der Waals surface area contributed by atoms with E-state index in [1.54, 1.807) is 24.3 Å². The lowest BCUT2D eigenvalue weighted by Gasteiger charge is -2.28. The fourth-order valence-electron chi connectivity index (χ4n) is 3.06. The molecular weight excluding hydrogens is 374 g/mol. The minimum Gasteiger partial charge on any atom is -0.482 e. The van der Waals surface area contributed by atoms with Crippen LogP contribution in [0.1, 0.15) is 12.0 Å². The molecule has 1 aliphatic heterocycles. The van der Waals surface area contributed by atoms with Gasteiger partial charge in [0.15, 0.2) is 16.4 Å². The third-order valence-electron chi connectivity index (χ3n) is 4.31. The number of ether oxygens (including phenoxy) is 1. The summed E-state index contributed by atoms with van der Waals surface area (Å²) in [5.41, 5.74) is 1.64. The molecule has 2 aromatic rings. The van der Waals surface area contributed by atoms with Gasteiger partial charge in [-0.25, -0.2) is 8.42 Å². The smallest absolute Gasteiger partial charge is 0.265 e. The molecule has 0 aliphatic carbocycles. The van der Waals surface area contributed by atoms with Crippen molar-refractivity contribution in [3.63, 3.8) is 0 Å². The molecule has 2 aromatic carbocycles. The summed E-state index contributed by atoms with van der Waals surface area (Å²) in [6.07, 6.45) is 0.425. The molecule has 0 saturated carbocycles. The second kappa shape index (κ2) is 7.68. The van der Waals surface area contributed by atoms with Gasteiger partial charge in [-0.3, -0.25) is 4.79 Å². The topological polar surface area (TPSA) is 63.7 Å². The van der Waals surface area contributed by atoms with Gasteiger partial charge in [0.25, 0.3) is 5.91 Å². The molecule has 1 fully saturated rings. The first kappa shape index (κ1) is 18.7. The van der Waals surface area contributed by atoms with Crippen LogP contribution < -0.4 is 9.64 Å². The van der Waals surface area contributed by atoms with Crippen LogP contribution >= 0.6 is 11.6 Å². The molecule has 7 heteroatoms. The average Bonchev–Trinajstić information content (AvgIpc) is 2.96. The summed E-state index contributed by atoms with van der Waals surface area (Å²) in [4.78, 5) is 14.4. The summed E-state index contributed by atoms with van der Waals surface area (Å²) < 4.78 is 29.4. The largest absolute Gasteiger partial charge is 0.482 e. The minimum atomic E-state index is -3.12. The van der Waals surface area contributed by atoms with Crippen LogP contribution in [0, 0.1) is 6.92 Å². The second-order valence-electron chi connectivity index (χ2n) is 6.38. The number of carbonyl (C=O) groups excluding carboxylic acids is 1. The van der Waals surface area contributed by atoms with Crippen LogP contribution in [-0.4, -0.2) is 38.5 Å². The summed E-state index contributed by atoms with van der Waals surface area (Å²) in [5.74, 6) is 0.209. The maximum absolute atomic E-state index is 12.9. The van der Waals surface area contributed by atoms with Crippen molar-refractivity contribution in [3.05, 3.63) is 59.1 Å². The molecule has 1 aliphatic rings. The van der Waals surface area contributed by atoms with E-state index in [0.29, 0.717) is 22.9 Å². The third kappa shape index (κ3) is 4.37. The van der Waals surface area contributed by atoms with E-state index in [-0.39, 0.29) is 30.1 Å². The highest BCUT2D eigenvalue weighted by Crippen LogP contribution is 2.27. The highest BCUT2D eigenvalue weighted by atomic mass is 35.5. The van der Waals surface area contributed by atoms with E-state index in [2.05, 4.69) is 0 Å². The van der Waals surface area contributed by atoms with Crippen LogP contribution in [-0.2, 0) is 14.6 Å². The first-order valence-corrected chi connectivity index (χ1v) is 10.5. The molecule has 5 nitrogen and oxygen atoms in total. The third-order valence-corrected chi connectivity index (χ3v) is 6.38. The van der Waals surface area contributed by atoms with E-state index in [0.717, 1.165) is 5.56 Å². The highest BCUT2D eigenvalue weighted by molar-refractivity contribution is 7.91. The quantitative estimate of drug-likeness (QED) is 0.782. The van der Waals surface area contributed by atoms with Gasteiger partial charge in [-0.2, -0.15) is 0 Å². The molecule has 0 aromatic heterocycles. The molecule has 26 heavy (non-hydrogen) atoms. The Labute approximate surface area is 158 Å². The van der Waals surface area contributed by atoms with E-state index < -0.39 is 9.84 Å². The van der Waals surface area contributed by atoms with E-state index in [9.17, 15) is 13.2 Å². The van der Waals surface area contributed by atoms with E-state index in [1.807, 2.05) is 31.2 Å². The monoisotopic (exact) mass is 393 g/mol. The number of para-hydroxylation sites is 1. The average molecular weight is 394 g/mol. The van der Waals surface area contributed by atoms with Crippen molar-refractivity contribution < 1.29 is 17.9 Å². The van der Waals surface area contributed by atoms with Crippen molar-refractivity contribution in [2.24, 2.45) is 0 Å². The molecule has 0 spiro atoms. The standard InChI is InChI=1S/C19H20ClNO4S/c1-14-7-8-17(20)18(11-14)25-12-19(22)21(15-5-3-2-4-6-15)16-9-10-26(23,24)13-16/h2-8,11,16H,9-10,12-13H2,1H3. The fraction of sp³-hybridized carbons (Fsp3) is 0.316. The molecule has 1 unspecified atom stereocenters. The zero-order valence-electron chi connectivity index (χ0n) is 14.4. The number of rotatable bonds is 5. The predicted octanol–water partition coefficient (Wildman–Crippen LogP) is 3.25. The number of carbonyl (C=O) groups is 1. The lowest BCUT2D eigenvalue weighted by molar-refractivity contribution is -0.121. The Hall–Kier alpha value is -2.05. The minimum absolute atomic E-state index is 0.0289. The number of hydrogen-bond donors (Lipinski definition) is 0. The number of halogens is 1. The van der Waals surface area contributed by atoms with Crippen molar-refractivity contribution in [2.45, 2.75) is 19.4 Å². The summed E-state index contributed by atoms with van der Waals surface area (Å²) in [5, 5.41) is 0.429. The molecule has 1 saturated heterocycles. The molecule has 138 valence electrons. The van der Waals surface area contributed by atoms with Crippen molar-refractivity contribution in [2.75, 3.05) is 23.0 Å². The lowest BCUT2D eigenvalue weighted by Crippen LogP contribution is -2.43. The van der Waals surface area contributed by atoms with Gasteiger partial charge in [0.2, 0.25) is 0 Å². The summed E-state index contributed by atoms with van der Waals surface area (Å²) in [6.45, 7) is 1.69. The molecular formula is C19H20ClNO4S. The predicted molar refractivity (Wildman–Crippen MR) is 103 cm³/mol. The lowest BCUT2D eigenvalue weighted by atomic mass is 10.2. The van der Waals surface area contributed by atoms with Gasteiger partial charge in [0.1, 0.15) is 5.75 Å². The number of aryl methyl sites for hydroxylation is 1. The van der Waals surface area contributed by atoms with Gasteiger partial charge in [-0.05, 0) is 43.2 Å². The Kier molecular flexibility index (Phi) is 5.53. The Morgan fingerprint density at radius 3 is 2.62 bits per heavy atom. The van der Waals surface area contributed by atoms with Crippen LogP contribution in [0.15, 0.2) is 48.5 Å². The second-order valence-corrected chi connectivity index (χ2v) is 9.01. The zero-order valence-corrected chi connectivity index (χ0v) is 16.0. The number of sulfone groups is 1. The number of benzene rings is 2. The maximum atomic E-state index is 12.9. The highest BCUT2D eigenvalue weighted by Gasteiger charge is 2.35. The van der Waals surface area contributed by atoms with E-state index >= 15 is 0 Å². The Morgan fingerprint density at radius 1 is 1.23 bits per heavy atom. The number of nitrogens with zero attached hydrogens (tertiary/aromatic N) is 1. The SMILES string of the molecule is Cc1ccc(Cl)c(OCC(=O)N(c2ccccc2)C2CCS(=O)(=O)C2)c1.